The minimum atomic E-state index is -0.348. The molecule has 0 radical (unpaired) electrons. The summed E-state index contributed by atoms with van der Waals surface area (Å²) in [5.74, 6) is 0.143. The van der Waals surface area contributed by atoms with Gasteiger partial charge < -0.3 is 10.5 Å². The molecule has 1 heterocycles. The molecule has 0 aliphatic rings. The summed E-state index contributed by atoms with van der Waals surface area (Å²) in [5.41, 5.74) is 6.38. The van der Waals surface area contributed by atoms with Crippen molar-refractivity contribution in [3.05, 3.63) is 16.6 Å². The molecule has 0 aliphatic carbocycles. The van der Waals surface area contributed by atoms with Crippen molar-refractivity contribution >= 4 is 48.6 Å². The first kappa shape index (κ1) is 10.4. The van der Waals surface area contributed by atoms with Crippen molar-refractivity contribution in [2.75, 3.05) is 5.73 Å². The highest BCUT2D eigenvalue weighted by Crippen LogP contribution is 2.33. The SMILES string of the molecule is CC(=O)Oc1cc(Br)c2nc(N)sc2c1. The third-order valence-electron chi connectivity index (χ3n) is 1.70. The maximum Gasteiger partial charge on any atom is 0.308 e. The van der Waals surface area contributed by atoms with Gasteiger partial charge in [-0.25, -0.2) is 4.98 Å². The summed E-state index contributed by atoms with van der Waals surface area (Å²) in [4.78, 5) is 14.9. The predicted molar refractivity (Wildman–Crippen MR) is 63.0 cm³/mol. The van der Waals surface area contributed by atoms with Crippen molar-refractivity contribution in [1.82, 2.24) is 4.98 Å². The molecule has 4 nitrogen and oxygen atoms in total. The molecular formula is C9H7BrN2O2S. The van der Waals surface area contributed by atoms with Gasteiger partial charge in [-0.1, -0.05) is 11.3 Å². The molecule has 0 fully saturated rings. The highest BCUT2D eigenvalue weighted by atomic mass is 79.9. The van der Waals surface area contributed by atoms with Gasteiger partial charge in [0.15, 0.2) is 5.13 Å². The third kappa shape index (κ3) is 2.10. The number of ether oxygens (including phenoxy) is 1. The molecule has 0 spiro atoms. The van der Waals surface area contributed by atoms with Crippen LogP contribution in [0, 0.1) is 0 Å². The van der Waals surface area contributed by atoms with E-state index < -0.39 is 0 Å². The van der Waals surface area contributed by atoms with Crippen molar-refractivity contribution in [3.8, 4) is 5.75 Å². The Balaban J connectivity index is 2.56. The molecular weight excluding hydrogens is 280 g/mol. The Morgan fingerprint density at radius 2 is 2.33 bits per heavy atom. The van der Waals surface area contributed by atoms with Crippen LogP contribution >= 0.6 is 27.3 Å². The first-order chi connectivity index (χ1) is 7.06. The molecule has 1 aromatic heterocycles. The summed E-state index contributed by atoms with van der Waals surface area (Å²) in [6.45, 7) is 1.36. The quantitative estimate of drug-likeness (QED) is 0.646. The van der Waals surface area contributed by atoms with Crippen LogP contribution in [0.1, 0.15) is 6.92 Å². The Hall–Kier alpha value is -1.14. The van der Waals surface area contributed by atoms with Crippen LogP contribution < -0.4 is 10.5 Å². The molecule has 6 heteroatoms. The number of rotatable bonds is 1. The van der Waals surface area contributed by atoms with Crippen molar-refractivity contribution < 1.29 is 9.53 Å². The number of benzene rings is 1. The second-order valence-electron chi connectivity index (χ2n) is 2.90. The molecule has 0 bridgehead atoms. The maximum atomic E-state index is 10.8. The molecule has 0 unspecified atom stereocenters. The number of halogens is 1. The smallest absolute Gasteiger partial charge is 0.308 e. The normalized spacial score (nSPS) is 10.5. The van der Waals surface area contributed by atoms with Gasteiger partial charge in [0.2, 0.25) is 0 Å². The highest BCUT2D eigenvalue weighted by molar-refractivity contribution is 9.10. The Morgan fingerprint density at radius 3 is 3.00 bits per heavy atom. The number of anilines is 1. The second kappa shape index (κ2) is 3.79. The molecule has 2 N–H and O–H groups in total. The van der Waals surface area contributed by atoms with Crippen LogP contribution in [0.15, 0.2) is 16.6 Å². The van der Waals surface area contributed by atoms with Crippen molar-refractivity contribution in [2.45, 2.75) is 6.92 Å². The number of carbonyl (C=O) groups is 1. The van der Waals surface area contributed by atoms with E-state index in [1.165, 1.54) is 18.3 Å². The number of carbonyl (C=O) groups excluding carboxylic acids is 1. The first-order valence-corrected chi connectivity index (χ1v) is 5.71. The van der Waals surface area contributed by atoms with Crippen LogP contribution in [0.4, 0.5) is 5.13 Å². The fourth-order valence-electron chi connectivity index (χ4n) is 1.21. The summed E-state index contributed by atoms with van der Waals surface area (Å²) < 4.78 is 6.64. The fraction of sp³-hybridized carbons (Fsp3) is 0.111. The molecule has 78 valence electrons. The van der Waals surface area contributed by atoms with Gasteiger partial charge in [0.05, 0.1) is 10.2 Å². The lowest BCUT2D eigenvalue weighted by atomic mass is 10.3. The van der Waals surface area contributed by atoms with Gasteiger partial charge in [-0.2, -0.15) is 0 Å². The van der Waals surface area contributed by atoms with Gasteiger partial charge >= 0.3 is 5.97 Å². The van der Waals surface area contributed by atoms with Crippen LogP contribution in [0.2, 0.25) is 0 Å². The molecule has 0 atom stereocenters. The minimum absolute atomic E-state index is 0.348. The van der Waals surface area contributed by atoms with E-state index in [0.717, 1.165) is 14.7 Å². The Morgan fingerprint density at radius 1 is 1.60 bits per heavy atom. The van der Waals surface area contributed by atoms with E-state index in [1.807, 2.05) is 0 Å². The fourth-order valence-corrected chi connectivity index (χ4v) is 2.66. The van der Waals surface area contributed by atoms with E-state index in [9.17, 15) is 4.79 Å². The van der Waals surface area contributed by atoms with E-state index in [4.69, 9.17) is 10.5 Å². The topological polar surface area (TPSA) is 65.2 Å². The zero-order valence-electron chi connectivity index (χ0n) is 7.78. The number of thiazole rings is 1. The van der Waals surface area contributed by atoms with Crippen molar-refractivity contribution in [2.24, 2.45) is 0 Å². The zero-order valence-corrected chi connectivity index (χ0v) is 10.2. The lowest BCUT2D eigenvalue weighted by Crippen LogP contribution is -2.00. The van der Waals surface area contributed by atoms with Crippen LogP contribution in [0.3, 0.4) is 0 Å². The number of hydrogen-bond acceptors (Lipinski definition) is 5. The van der Waals surface area contributed by atoms with Crippen LogP contribution in [0.5, 0.6) is 5.75 Å². The largest absolute Gasteiger partial charge is 0.427 e. The van der Waals surface area contributed by atoms with E-state index >= 15 is 0 Å². The molecule has 0 saturated carbocycles. The van der Waals surface area contributed by atoms with Crippen molar-refractivity contribution in [3.63, 3.8) is 0 Å². The molecule has 2 rings (SSSR count). The molecule has 1 aromatic carbocycles. The van der Waals surface area contributed by atoms with Gasteiger partial charge in [0.1, 0.15) is 5.75 Å². The van der Waals surface area contributed by atoms with Gasteiger partial charge in [-0.05, 0) is 22.0 Å². The minimum Gasteiger partial charge on any atom is -0.427 e. The van der Waals surface area contributed by atoms with Crippen molar-refractivity contribution in [1.29, 1.82) is 0 Å². The van der Waals surface area contributed by atoms with Crippen LogP contribution in [-0.2, 0) is 4.79 Å². The Kier molecular flexibility index (Phi) is 2.62. The van der Waals surface area contributed by atoms with E-state index in [2.05, 4.69) is 20.9 Å². The summed E-state index contributed by atoms with van der Waals surface area (Å²) in [5, 5.41) is 0.491. The summed E-state index contributed by atoms with van der Waals surface area (Å²) >= 11 is 4.70. The lowest BCUT2D eigenvalue weighted by molar-refractivity contribution is -0.131. The number of aromatic nitrogens is 1. The Bertz CT molecular complexity index is 538. The Labute approximate surface area is 98.2 Å². The first-order valence-electron chi connectivity index (χ1n) is 4.10. The molecule has 2 aromatic rings. The summed E-state index contributed by atoms with van der Waals surface area (Å²) in [7, 11) is 0. The molecule has 0 amide bonds. The summed E-state index contributed by atoms with van der Waals surface area (Å²) in [6.07, 6.45) is 0. The number of fused-ring (bicyclic) bond motifs is 1. The lowest BCUT2D eigenvalue weighted by Gasteiger charge is -2.01. The number of nitrogens with zero attached hydrogens (tertiary/aromatic N) is 1. The molecule has 0 aliphatic heterocycles. The van der Waals surface area contributed by atoms with E-state index in [0.29, 0.717) is 10.9 Å². The molecule has 0 saturated heterocycles. The van der Waals surface area contributed by atoms with E-state index in [-0.39, 0.29) is 5.97 Å². The monoisotopic (exact) mass is 286 g/mol. The average Bonchev–Trinajstić information content (AvgIpc) is 2.44. The van der Waals surface area contributed by atoms with Crippen LogP contribution in [0.25, 0.3) is 10.2 Å². The molecule has 15 heavy (non-hydrogen) atoms. The number of hydrogen-bond donors (Lipinski definition) is 1. The van der Waals surface area contributed by atoms with Gasteiger partial charge in [-0.15, -0.1) is 0 Å². The summed E-state index contributed by atoms with van der Waals surface area (Å²) in [6, 6.07) is 3.44. The van der Waals surface area contributed by atoms with Gasteiger partial charge in [0, 0.05) is 17.5 Å². The average molecular weight is 287 g/mol. The standard InChI is InChI=1S/C9H7BrN2O2S/c1-4(13)14-5-2-6(10)8-7(3-5)15-9(11)12-8/h2-3H,1H3,(H2,11,12). The van der Waals surface area contributed by atoms with Gasteiger partial charge in [0.25, 0.3) is 0 Å². The zero-order chi connectivity index (χ0) is 11.0. The highest BCUT2D eigenvalue weighted by Gasteiger charge is 2.08. The van der Waals surface area contributed by atoms with E-state index in [1.54, 1.807) is 12.1 Å². The predicted octanol–water partition coefficient (Wildman–Crippen LogP) is 2.57. The van der Waals surface area contributed by atoms with Crippen LogP contribution in [-0.4, -0.2) is 11.0 Å². The van der Waals surface area contributed by atoms with Gasteiger partial charge in [-0.3, -0.25) is 4.79 Å². The maximum absolute atomic E-state index is 10.8. The number of nitrogens with two attached hydrogens (primary N) is 1. The second-order valence-corrected chi connectivity index (χ2v) is 4.81. The third-order valence-corrected chi connectivity index (χ3v) is 3.14. The number of esters is 1. The number of nitrogen functional groups attached to an aromatic ring is 1.